The maximum Gasteiger partial charge on any atom is 0.323 e. The van der Waals surface area contributed by atoms with Crippen LogP contribution in [0.15, 0.2) is 18.2 Å². The minimum Gasteiger partial charge on any atom is -0.480 e. The van der Waals surface area contributed by atoms with Crippen LogP contribution >= 0.6 is 11.6 Å². The van der Waals surface area contributed by atoms with E-state index in [1.807, 2.05) is 4.72 Å². The fraction of sp³-hybridized carbons (Fsp3) is 0.300. The fourth-order valence-electron chi connectivity index (χ4n) is 1.26. The van der Waals surface area contributed by atoms with Crippen LogP contribution in [-0.4, -0.2) is 39.4 Å². The molecule has 1 rings (SSSR count). The quantitative estimate of drug-likeness (QED) is 0.695. The van der Waals surface area contributed by atoms with Crippen LogP contribution in [0.25, 0.3) is 0 Å². The van der Waals surface area contributed by atoms with Crippen molar-refractivity contribution < 1.29 is 26.7 Å². The third kappa shape index (κ3) is 5.06. The van der Waals surface area contributed by atoms with E-state index in [0.717, 1.165) is 19.2 Å². The van der Waals surface area contributed by atoms with Crippen molar-refractivity contribution in [3.63, 3.8) is 0 Å². The van der Waals surface area contributed by atoms with E-state index in [1.165, 1.54) is 12.1 Å². The monoisotopic (exact) mass is 356 g/mol. The minimum absolute atomic E-state index is 0.00443. The molecule has 0 radical (unpaired) electrons. The van der Waals surface area contributed by atoms with E-state index in [2.05, 4.69) is 4.72 Å². The van der Waals surface area contributed by atoms with Crippen molar-refractivity contribution in [1.29, 1.82) is 0 Å². The molecule has 0 bridgehead atoms. The lowest BCUT2D eigenvalue weighted by Gasteiger charge is -2.13. The van der Waals surface area contributed by atoms with Gasteiger partial charge in [-0.05, 0) is 25.1 Å². The largest absolute Gasteiger partial charge is 0.480 e. The van der Waals surface area contributed by atoms with Crippen molar-refractivity contribution >= 4 is 49.0 Å². The number of sulfonamides is 2. The first kappa shape index (κ1) is 17.5. The number of aliphatic carboxylic acids is 1. The molecule has 0 spiro atoms. The van der Waals surface area contributed by atoms with Gasteiger partial charge in [0.15, 0.2) is 5.25 Å². The number of nitrogens with one attached hydrogen (secondary N) is 2. The van der Waals surface area contributed by atoms with Gasteiger partial charge >= 0.3 is 5.97 Å². The van der Waals surface area contributed by atoms with Gasteiger partial charge in [0.25, 0.3) is 0 Å². The van der Waals surface area contributed by atoms with Crippen molar-refractivity contribution in [2.24, 2.45) is 0 Å². The van der Waals surface area contributed by atoms with Gasteiger partial charge in [-0.25, -0.2) is 16.8 Å². The molecular weight excluding hydrogens is 344 g/mol. The second-order valence-corrected chi connectivity index (χ2v) is 8.35. The van der Waals surface area contributed by atoms with Gasteiger partial charge in [0.05, 0.1) is 22.7 Å². The molecule has 11 heteroatoms. The standard InChI is InChI=1S/C10H13ClN2O6S2/c1-6(10(14)15)21(18,19)13-9-5-7(3-4-8(9)11)12-20(2,16)17/h3-6,12-13H,1-2H3,(H,14,15). The number of carbonyl (C=O) groups is 1. The van der Waals surface area contributed by atoms with Crippen LogP contribution in [0.3, 0.4) is 0 Å². The second kappa shape index (κ2) is 6.08. The van der Waals surface area contributed by atoms with Crippen molar-refractivity contribution in [2.45, 2.75) is 12.2 Å². The van der Waals surface area contributed by atoms with E-state index in [1.54, 1.807) is 0 Å². The van der Waals surface area contributed by atoms with Crippen molar-refractivity contribution in [1.82, 2.24) is 0 Å². The number of hydrogen-bond acceptors (Lipinski definition) is 5. The Labute approximate surface area is 127 Å². The van der Waals surface area contributed by atoms with Gasteiger partial charge in [-0.1, -0.05) is 11.6 Å². The molecule has 0 amide bonds. The molecule has 0 aromatic heterocycles. The van der Waals surface area contributed by atoms with Gasteiger partial charge in [-0.3, -0.25) is 14.2 Å². The number of halogens is 1. The number of carboxylic acids is 1. The molecule has 1 atom stereocenters. The summed E-state index contributed by atoms with van der Waals surface area (Å²) >= 11 is 5.81. The average molecular weight is 357 g/mol. The van der Waals surface area contributed by atoms with E-state index < -0.39 is 31.3 Å². The Morgan fingerprint density at radius 1 is 1.24 bits per heavy atom. The number of benzene rings is 1. The first-order chi connectivity index (χ1) is 9.42. The van der Waals surface area contributed by atoms with Gasteiger partial charge in [0, 0.05) is 0 Å². The summed E-state index contributed by atoms with van der Waals surface area (Å²) < 4.78 is 50.0. The van der Waals surface area contributed by atoms with Crippen LogP contribution in [0.5, 0.6) is 0 Å². The molecule has 0 saturated heterocycles. The summed E-state index contributed by atoms with van der Waals surface area (Å²) in [6, 6.07) is 3.76. The molecule has 0 saturated carbocycles. The number of carboxylic acid groups (broad SMARTS) is 1. The highest BCUT2D eigenvalue weighted by atomic mass is 35.5. The predicted molar refractivity (Wildman–Crippen MR) is 79.6 cm³/mol. The Kier molecular flexibility index (Phi) is 5.07. The highest BCUT2D eigenvalue weighted by molar-refractivity contribution is 7.94. The predicted octanol–water partition coefficient (Wildman–Crippen LogP) is 0.926. The summed E-state index contributed by atoms with van der Waals surface area (Å²) in [4.78, 5) is 10.7. The molecular formula is C10H13ClN2O6S2. The van der Waals surface area contributed by atoms with Crippen LogP contribution in [0, 0.1) is 0 Å². The molecule has 0 aliphatic carbocycles. The number of hydrogen-bond donors (Lipinski definition) is 3. The number of anilines is 2. The lowest BCUT2D eigenvalue weighted by Crippen LogP contribution is -2.32. The summed E-state index contributed by atoms with van der Waals surface area (Å²) in [6.07, 6.45) is 0.929. The zero-order valence-corrected chi connectivity index (χ0v) is 13.4. The smallest absolute Gasteiger partial charge is 0.323 e. The lowest BCUT2D eigenvalue weighted by molar-refractivity contribution is -0.136. The average Bonchev–Trinajstić information content (AvgIpc) is 2.30. The molecule has 1 unspecified atom stereocenters. The first-order valence-electron chi connectivity index (χ1n) is 5.44. The van der Waals surface area contributed by atoms with E-state index in [4.69, 9.17) is 16.7 Å². The molecule has 1 aromatic rings. The van der Waals surface area contributed by atoms with E-state index in [-0.39, 0.29) is 16.4 Å². The lowest BCUT2D eigenvalue weighted by atomic mass is 10.3. The van der Waals surface area contributed by atoms with Crippen LogP contribution in [0.2, 0.25) is 5.02 Å². The van der Waals surface area contributed by atoms with Gasteiger partial charge < -0.3 is 5.11 Å². The minimum atomic E-state index is -4.21. The number of rotatable bonds is 6. The molecule has 8 nitrogen and oxygen atoms in total. The zero-order valence-electron chi connectivity index (χ0n) is 11.0. The van der Waals surface area contributed by atoms with Crippen LogP contribution in [0.4, 0.5) is 11.4 Å². The Bertz CT molecular complexity index is 760. The Balaban J connectivity index is 3.14. The molecule has 0 aliphatic rings. The Hall–Kier alpha value is -1.52. The topological polar surface area (TPSA) is 130 Å². The third-order valence-corrected chi connectivity index (χ3v) is 4.91. The third-order valence-electron chi connectivity index (χ3n) is 2.34. The summed E-state index contributed by atoms with van der Waals surface area (Å²) in [5.41, 5.74) is -0.0407. The molecule has 0 heterocycles. The highest BCUT2D eigenvalue weighted by Crippen LogP contribution is 2.27. The van der Waals surface area contributed by atoms with Crippen molar-refractivity contribution in [3.8, 4) is 0 Å². The zero-order chi connectivity index (χ0) is 16.4. The van der Waals surface area contributed by atoms with Gasteiger partial charge in [0.1, 0.15) is 0 Å². The second-order valence-electron chi connectivity index (χ2n) is 4.20. The molecule has 0 fully saturated rings. The van der Waals surface area contributed by atoms with Crippen molar-refractivity contribution in [3.05, 3.63) is 23.2 Å². The molecule has 118 valence electrons. The van der Waals surface area contributed by atoms with E-state index in [0.29, 0.717) is 0 Å². The first-order valence-corrected chi connectivity index (χ1v) is 9.26. The fourth-order valence-corrected chi connectivity index (χ4v) is 2.95. The van der Waals surface area contributed by atoms with E-state index >= 15 is 0 Å². The maximum absolute atomic E-state index is 11.8. The van der Waals surface area contributed by atoms with Crippen molar-refractivity contribution in [2.75, 3.05) is 15.7 Å². The van der Waals surface area contributed by atoms with Crippen LogP contribution in [0.1, 0.15) is 6.92 Å². The Morgan fingerprint density at radius 3 is 2.29 bits per heavy atom. The normalized spacial score (nSPS) is 13.5. The molecule has 0 aliphatic heterocycles. The SMILES string of the molecule is CC(C(=O)O)S(=O)(=O)Nc1cc(NS(C)(=O)=O)ccc1Cl. The van der Waals surface area contributed by atoms with E-state index in [9.17, 15) is 21.6 Å². The molecule has 1 aromatic carbocycles. The summed E-state index contributed by atoms with van der Waals surface area (Å²) in [5.74, 6) is -1.52. The van der Waals surface area contributed by atoms with Gasteiger partial charge in [-0.2, -0.15) is 0 Å². The molecule has 21 heavy (non-hydrogen) atoms. The summed E-state index contributed by atoms with van der Waals surface area (Å²) in [6.45, 7) is 0.997. The van der Waals surface area contributed by atoms with Gasteiger partial charge in [0.2, 0.25) is 20.0 Å². The molecule has 3 N–H and O–H groups in total. The maximum atomic E-state index is 11.8. The van der Waals surface area contributed by atoms with Crippen LogP contribution < -0.4 is 9.44 Å². The van der Waals surface area contributed by atoms with Crippen LogP contribution in [-0.2, 0) is 24.8 Å². The Morgan fingerprint density at radius 2 is 1.81 bits per heavy atom. The van der Waals surface area contributed by atoms with Gasteiger partial charge in [-0.15, -0.1) is 0 Å². The summed E-state index contributed by atoms with van der Waals surface area (Å²) in [7, 11) is -7.75. The highest BCUT2D eigenvalue weighted by Gasteiger charge is 2.28. The summed E-state index contributed by atoms with van der Waals surface area (Å²) in [5, 5.41) is 7.03.